The smallest absolute Gasteiger partial charge is 0.357 e. The summed E-state index contributed by atoms with van der Waals surface area (Å²) >= 11 is 0. The zero-order valence-electron chi connectivity index (χ0n) is 17.8. The monoisotopic (exact) mass is 423 g/mol. The molecule has 30 heavy (non-hydrogen) atoms. The molecule has 2 atom stereocenters. The van der Waals surface area contributed by atoms with Crippen molar-refractivity contribution in [2.24, 2.45) is 0 Å². The Morgan fingerprint density at radius 1 is 0.833 bits per heavy atom. The Morgan fingerprint density at radius 3 is 1.77 bits per heavy atom. The van der Waals surface area contributed by atoms with Gasteiger partial charge < -0.3 is 18.9 Å². The first-order valence-corrected chi connectivity index (χ1v) is 10.0. The minimum atomic E-state index is -1.08. The van der Waals surface area contributed by atoms with Crippen LogP contribution in [0.2, 0.25) is 0 Å². The fraction of sp³-hybridized carbons (Fsp3) is 0.571. The Labute approximate surface area is 176 Å². The molecule has 0 aromatic carbocycles. The fourth-order valence-corrected chi connectivity index (χ4v) is 2.05. The highest BCUT2D eigenvalue weighted by atomic mass is 16.6. The zero-order valence-corrected chi connectivity index (χ0v) is 17.8. The van der Waals surface area contributed by atoms with Crippen molar-refractivity contribution in [2.45, 2.75) is 65.6 Å². The van der Waals surface area contributed by atoms with Crippen LogP contribution < -0.4 is 0 Å². The van der Waals surface area contributed by atoms with Gasteiger partial charge in [0.1, 0.15) is 5.69 Å². The lowest BCUT2D eigenvalue weighted by Crippen LogP contribution is -2.27. The zero-order chi connectivity index (χ0) is 22.5. The van der Waals surface area contributed by atoms with E-state index in [1.54, 1.807) is 0 Å². The van der Waals surface area contributed by atoms with Crippen molar-refractivity contribution in [3.8, 4) is 0 Å². The van der Waals surface area contributed by atoms with Gasteiger partial charge in [-0.25, -0.2) is 24.2 Å². The molecule has 0 aliphatic rings. The summed E-state index contributed by atoms with van der Waals surface area (Å²) in [5, 5.41) is 0. The van der Waals surface area contributed by atoms with E-state index in [2.05, 4.69) is 4.98 Å². The third-order valence-electron chi connectivity index (χ3n) is 3.92. The average Bonchev–Trinajstić information content (AvgIpc) is 2.73. The minimum absolute atomic E-state index is 0.0479. The molecule has 0 radical (unpaired) electrons. The van der Waals surface area contributed by atoms with E-state index < -0.39 is 36.1 Å². The summed E-state index contributed by atoms with van der Waals surface area (Å²) in [7, 11) is 0. The van der Waals surface area contributed by atoms with Crippen LogP contribution in [-0.4, -0.2) is 54.3 Å². The predicted octanol–water partition coefficient (Wildman–Crippen LogP) is 2.86. The van der Waals surface area contributed by atoms with E-state index in [1.165, 1.54) is 26.0 Å². The Kier molecular flexibility index (Phi) is 11.1. The van der Waals surface area contributed by atoms with E-state index in [1.807, 2.05) is 13.8 Å². The number of carbonyl (C=O) groups is 4. The van der Waals surface area contributed by atoms with Crippen LogP contribution in [0, 0.1) is 0 Å². The summed E-state index contributed by atoms with van der Waals surface area (Å²) in [5.41, 5.74) is -0.0430. The third kappa shape index (κ3) is 8.59. The Balaban J connectivity index is 2.56. The minimum Gasteiger partial charge on any atom is -0.463 e. The molecule has 0 bridgehead atoms. The number of hydrogen-bond donors (Lipinski definition) is 0. The molecular formula is C21H29NO8. The van der Waals surface area contributed by atoms with Crippen molar-refractivity contribution in [1.82, 2.24) is 4.98 Å². The van der Waals surface area contributed by atoms with Gasteiger partial charge in [0, 0.05) is 6.20 Å². The van der Waals surface area contributed by atoms with Gasteiger partial charge in [0.15, 0.2) is 12.2 Å². The molecule has 0 spiro atoms. The Morgan fingerprint density at radius 2 is 1.33 bits per heavy atom. The summed E-state index contributed by atoms with van der Waals surface area (Å²) < 4.78 is 20.0. The van der Waals surface area contributed by atoms with E-state index in [4.69, 9.17) is 18.9 Å². The molecule has 1 heterocycles. The highest BCUT2D eigenvalue weighted by Crippen LogP contribution is 2.08. The quantitative estimate of drug-likeness (QED) is 0.284. The molecule has 166 valence electrons. The van der Waals surface area contributed by atoms with Gasteiger partial charge in [-0.1, -0.05) is 26.7 Å². The lowest BCUT2D eigenvalue weighted by Gasteiger charge is -2.13. The second-order valence-corrected chi connectivity index (χ2v) is 6.57. The number of unbranched alkanes of at least 4 members (excludes halogenated alkanes) is 2. The van der Waals surface area contributed by atoms with Crippen molar-refractivity contribution >= 4 is 23.9 Å². The lowest BCUT2D eigenvalue weighted by atomic mass is 10.2. The number of esters is 4. The van der Waals surface area contributed by atoms with E-state index in [9.17, 15) is 19.2 Å². The van der Waals surface area contributed by atoms with Gasteiger partial charge in [0.05, 0.1) is 18.8 Å². The van der Waals surface area contributed by atoms with Crippen LogP contribution in [0.15, 0.2) is 18.3 Å². The summed E-state index contributed by atoms with van der Waals surface area (Å²) in [5.74, 6) is -2.89. The molecule has 0 fully saturated rings. The molecule has 0 aliphatic heterocycles. The SMILES string of the molecule is CCCCOC(=O)[C@H](C)OC(=O)c1ccc(C(=O)O[C@@H](C)C(=O)OCCCC)nc1. The summed E-state index contributed by atoms with van der Waals surface area (Å²) in [4.78, 5) is 51.6. The molecule has 0 aliphatic carbocycles. The first-order valence-electron chi connectivity index (χ1n) is 10.0. The number of pyridine rings is 1. The van der Waals surface area contributed by atoms with Gasteiger partial charge in [0.2, 0.25) is 0 Å². The number of aromatic nitrogens is 1. The normalized spacial score (nSPS) is 12.4. The average molecular weight is 423 g/mol. The number of ether oxygens (including phenoxy) is 4. The van der Waals surface area contributed by atoms with Crippen LogP contribution in [0.3, 0.4) is 0 Å². The second kappa shape index (κ2) is 13.3. The number of rotatable bonds is 12. The maximum absolute atomic E-state index is 12.1. The first kappa shape index (κ1) is 25.1. The van der Waals surface area contributed by atoms with Crippen molar-refractivity contribution in [3.63, 3.8) is 0 Å². The van der Waals surface area contributed by atoms with Crippen molar-refractivity contribution in [2.75, 3.05) is 13.2 Å². The maximum Gasteiger partial charge on any atom is 0.357 e. The second-order valence-electron chi connectivity index (χ2n) is 6.57. The van der Waals surface area contributed by atoms with E-state index in [0.29, 0.717) is 0 Å². The molecule has 0 amide bonds. The molecule has 1 aromatic rings. The summed E-state index contributed by atoms with van der Waals surface area (Å²) in [6.07, 6.45) is 2.17. The standard InChI is InChI=1S/C21H29NO8/c1-5-7-11-27-18(23)14(3)29-20(25)16-9-10-17(22-13-16)21(26)30-15(4)19(24)28-12-8-6-2/h9-10,13-15H,5-8,11-12H2,1-4H3/t14-,15-/m0/s1. The molecule has 9 nitrogen and oxygen atoms in total. The van der Waals surface area contributed by atoms with Crippen LogP contribution in [0.25, 0.3) is 0 Å². The van der Waals surface area contributed by atoms with Gasteiger partial charge in [-0.05, 0) is 38.8 Å². The van der Waals surface area contributed by atoms with Crippen molar-refractivity contribution in [1.29, 1.82) is 0 Å². The van der Waals surface area contributed by atoms with Crippen LogP contribution in [-0.2, 0) is 28.5 Å². The predicted molar refractivity (Wildman–Crippen MR) is 106 cm³/mol. The number of hydrogen-bond acceptors (Lipinski definition) is 9. The van der Waals surface area contributed by atoms with E-state index in [0.717, 1.165) is 31.9 Å². The molecule has 9 heteroatoms. The largest absolute Gasteiger partial charge is 0.463 e. The molecule has 0 saturated carbocycles. The van der Waals surface area contributed by atoms with Crippen LogP contribution in [0.5, 0.6) is 0 Å². The molecule has 0 N–H and O–H groups in total. The summed E-state index contributed by atoms with van der Waals surface area (Å²) in [6.45, 7) is 7.26. The fourth-order valence-electron chi connectivity index (χ4n) is 2.05. The highest BCUT2D eigenvalue weighted by Gasteiger charge is 2.23. The maximum atomic E-state index is 12.1. The van der Waals surface area contributed by atoms with Crippen molar-refractivity contribution in [3.05, 3.63) is 29.6 Å². The Bertz CT molecular complexity index is 655. The molecular weight excluding hydrogens is 394 g/mol. The van der Waals surface area contributed by atoms with E-state index >= 15 is 0 Å². The first-order chi connectivity index (χ1) is 14.3. The van der Waals surface area contributed by atoms with Crippen LogP contribution in [0.4, 0.5) is 0 Å². The molecule has 0 unspecified atom stereocenters. The van der Waals surface area contributed by atoms with Gasteiger partial charge in [-0.15, -0.1) is 0 Å². The van der Waals surface area contributed by atoms with Crippen molar-refractivity contribution < 1.29 is 38.1 Å². The van der Waals surface area contributed by atoms with Crippen LogP contribution in [0.1, 0.15) is 74.2 Å². The summed E-state index contributed by atoms with van der Waals surface area (Å²) in [6, 6.07) is 2.57. The molecule has 0 saturated heterocycles. The molecule has 1 aromatic heterocycles. The van der Waals surface area contributed by atoms with Gasteiger partial charge in [-0.2, -0.15) is 0 Å². The Hall–Kier alpha value is -2.97. The lowest BCUT2D eigenvalue weighted by molar-refractivity contribution is -0.153. The number of nitrogens with zero attached hydrogens (tertiary/aromatic N) is 1. The highest BCUT2D eigenvalue weighted by molar-refractivity contribution is 5.93. The molecule has 1 rings (SSSR count). The van der Waals surface area contributed by atoms with Gasteiger partial charge in [-0.3, -0.25) is 0 Å². The third-order valence-corrected chi connectivity index (χ3v) is 3.92. The topological polar surface area (TPSA) is 118 Å². The van der Waals surface area contributed by atoms with Gasteiger partial charge in [0.25, 0.3) is 0 Å². The van der Waals surface area contributed by atoms with Crippen LogP contribution >= 0.6 is 0 Å². The van der Waals surface area contributed by atoms with Gasteiger partial charge >= 0.3 is 23.9 Å². The number of carbonyl (C=O) groups excluding carboxylic acids is 4. The van der Waals surface area contributed by atoms with E-state index in [-0.39, 0.29) is 24.5 Å².